The number of hydrogen-bond acceptors (Lipinski definition) is 4. The number of carbonyl (C=O) groups excluding carboxylic acids is 1. The number of anilines is 2. The number of nitrogens with zero attached hydrogens (tertiary/aromatic N) is 1. The molecule has 1 atom stereocenters. The van der Waals surface area contributed by atoms with Gasteiger partial charge in [-0.25, -0.2) is 8.42 Å². The van der Waals surface area contributed by atoms with Gasteiger partial charge in [0.15, 0.2) is 6.10 Å². The zero-order valence-electron chi connectivity index (χ0n) is 14.1. The van der Waals surface area contributed by atoms with E-state index in [1.54, 1.807) is 31.2 Å². The monoisotopic (exact) mass is 474 g/mol. The van der Waals surface area contributed by atoms with Crippen LogP contribution >= 0.6 is 22.6 Å². The Morgan fingerprint density at radius 1 is 1.12 bits per heavy atom. The molecule has 0 spiro atoms. The molecule has 0 bridgehead atoms. The molecule has 1 amide bonds. The SMILES string of the molecule is C[C@@H](Oc1ccc(N(C)S(C)(=O)=O)cc1)C(=O)Nc1ccc(I)cc1. The molecule has 25 heavy (non-hydrogen) atoms. The largest absolute Gasteiger partial charge is 0.481 e. The first kappa shape index (κ1) is 19.5. The minimum Gasteiger partial charge on any atom is -0.481 e. The summed E-state index contributed by atoms with van der Waals surface area (Å²) in [5.74, 6) is 0.217. The quantitative estimate of drug-likeness (QED) is 0.654. The lowest BCUT2D eigenvalue weighted by molar-refractivity contribution is -0.122. The second kappa shape index (κ2) is 8.05. The molecule has 2 rings (SSSR count). The van der Waals surface area contributed by atoms with E-state index in [4.69, 9.17) is 4.74 Å². The molecule has 0 fully saturated rings. The molecule has 0 aliphatic carbocycles. The summed E-state index contributed by atoms with van der Waals surface area (Å²) in [6, 6.07) is 14.0. The highest BCUT2D eigenvalue weighted by atomic mass is 127. The van der Waals surface area contributed by atoms with Crippen molar-refractivity contribution in [3.05, 3.63) is 52.1 Å². The molecule has 0 heterocycles. The smallest absolute Gasteiger partial charge is 0.265 e. The number of nitrogens with one attached hydrogen (secondary N) is 1. The number of carbonyl (C=O) groups is 1. The van der Waals surface area contributed by atoms with Gasteiger partial charge in [-0.2, -0.15) is 0 Å². The van der Waals surface area contributed by atoms with E-state index in [1.807, 2.05) is 24.3 Å². The summed E-state index contributed by atoms with van der Waals surface area (Å²) in [5.41, 5.74) is 1.22. The highest BCUT2D eigenvalue weighted by molar-refractivity contribution is 14.1. The number of sulfonamides is 1. The standard InChI is InChI=1S/C17H19IN2O4S/c1-12(17(21)19-14-6-4-13(18)5-7-14)24-16-10-8-15(9-11-16)20(2)25(3,22)23/h4-12H,1-3H3,(H,19,21)/t12-/m1/s1. The molecule has 6 nitrogen and oxygen atoms in total. The maximum absolute atomic E-state index is 12.2. The third kappa shape index (κ3) is 5.60. The summed E-state index contributed by atoms with van der Waals surface area (Å²) in [7, 11) is -1.84. The highest BCUT2D eigenvalue weighted by Crippen LogP contribution is 2.21. The Kier molecular flexibility index (Phi) is 6.28. The topological polar surface area (TPSA) is 75.7 Å². The molecule has 0 radical (unpaired) electrons. The Hall–Kier alpha value is -1.81. The summed E-state index contributed by atoms with van der Waals surface area (Å²) >= 11 is 2.19. The number of ether oxygens (including phenoxy) is 1. The van der Waals surface area contributed by atoms with Crippen LogP contribution < -0.4 is 14.4 Å². The van der Waals surface area contributed by atoms with Crippen molar-refractivity contribution in [2.45, 2.75) is 13.0 Å². The van der Waals surface area contributed by atoms with Crippen LogP contribution in [-0.2, 0) is 14.8 Å². The zero-order valence-corrected chi connectivity index (χ0v) is 17.0. The van der Waals surface area contributed by atoms with Crippen LogP contribution in [0, 0.1) is 3.57 Å². The molecule has 1 N–H and O–H groups in total. The first-order chi connectivity index (χ1) is 11.7. The maximum atomic E-state index is 12.2. The van der Waals surface area contributed by atoms with Crippen molar-refractivity contribution in [3.63, 3.8) is 0 Å². The van der Waals surface area contributed by atoms with Crippen molar-refractivity contribution in [1.29, 1.82) is 0 Å². The van der Waals surface area contributed by atoms with Crippen molar-refractivity contribution in [2.75, 3.05) is 22.9 Å². The molecule has 0 aliphatic heterocycles. The van der Waals surface area contributed by atoms with Crippen LogP contribution in [0.15, 0.2) is 48.5 Å². The van der Waals surface area contributed by atoms with Gasteiger partial charge >= 0.3 is 0 Å². The van der Waals surface area contributed by atoms with Crippen LogP contribution in [0.3, 0.4) is 0 Å². The lowest BCUT2D eigenvalue weighted by Crippen LogP contribution is -2.30. The summed E-state index contributed by atoms with van der Waals surface area (Å²) in [5, 5.41) is 2.78. The second-order valence-corrected chi connectivity index (χ2v) is 8.74. The number of amides is 1. The van der Waals surface area contributed by atoms with Gasteiger partial charge in [-0.05, 0) is 78.0 Å². The molecule has 2 aromatic carbocycles. The van der Waals surface area contributed by atoms with Gasteiger partial charge in [-0.15, -0.1) is 0 Å². The van der Waals surface area contributed by atoms with Crippen molar-refractivity contribution in [2.24, 2.45) is 0 Å². The Morgan fingerprint density at radius 3 is 2.20 bits per heavy atom. The third-order valence-corrected chi connectivity index (χ3v) is 5.42. The molecule has 8 heteroatoms. The molecule has 2 aromatic rings. The fourth-order valence-electron chi connectivity index (χ4n) is 1.96. The molecule has 0 unspecified atom stereocenters. The van der Waals surface area contributed by atoms with Gasteiger partial charge in [-0.1, -0.05) is 0 Å². The van der Waals surface area contributed by atoms with Crippen LogP contribution in [0.4, 0.5) is 11.4 Å². The molecule has 0 saturated heterocycles. The van der Waals surface area contributed by atoms with E-state index in [-0.39, 0.29) is 5.91 Å². The lowest BCUT2D eigenvalue weighted by atomic mass is 10.3. The Labute approximate surface area is 161 Å². The van der Waals surface area contributed by atoms with E-state index in [0.717, 1.165) is 9.83 Å². The summed E-state index contributed by atoms with van der Waals surface area (Å²) in [4.78, 5) is 12.2. The lowest BCUT2D eigenvalue weighted by Gasteiger charge is -2.18. The normalized spacial score (nSPS) is 12.3. The molecule has 0 aromatic heterocycles. The van der Waals surface area contributed by atoms with Crippen LogP contribution in [-0.4, -0.2) is 33.7 Å². The van der Waals surface area contributed by atoms with Gasteiger partial charge < -0.3 is 10.1 Å². The van der Waals surface area contributed by atoms with Crippen LogP contribution in [0.5, 0.6) is 5.75 Å². The van der Waals surface area contributed by atoms with Crippen molar-refractivity contribution in [3.8, 4) is 5.75 Å². The molecular weight excluding hydrogens is 455 g/mol. The Morgan fingerprint density at radius 2 is 1.68 bits per heavy atom. The number of hydrogen-bond donors (Lipinski definition) is 1. The van der Waals surface area contributed by atoms with Crippen LogP contribution in [0.1, 0.15) is 6.92 Å². The second-order valence-electron chi connectivity index (χ2n) is 5.48. The first-order valence-corrected chi connectivity index (χ1v) is 10.4. The van der Waals surface area contributed by atoms with E-state index in [9.17, 15) is 13.2 Å². The number of rotatable bonds is 6. The van der Waals surface area contributed by atoms with Gasteiger partial charge in [0.25, 0.3) is 5.91 Å². The van der Waals surface area contributed by atoms with Gasteiger partial charge in [0.2, 0.25) is 10.0 Å². The minimum atomic E-state index is -3.32. The minimum absolute atomic E-state index is 0.265. The van der Waals surface area contributed by atoms with E-state index in [0.29, 0.717) is 17.1 Å². The summed E-state index contributed by atoms with van der Waals surface area (Å²) in [6.07, 6.45) is 0.437. The average Bonchev–Trinajstić information content (AvgIpc) is 2.56. The predicted molar refractivity (Wildman–Crippen MR) is 108 cm³/mol. The van der Waals surface area contributed by atoms with Gasteiger partial charge in [0.05, 0.1) is 11.9 Å². The maximum Gasteiger partial charge on any atom is 0.265 e. The highest BCUT2D eigenvalue weighted by Gasteiger charge is 2.16. The molecular formula is C17H19IN2O4S. The molecule has 134 valence electrons. The van der Waals surface area contributed by atoms with E-state index < -0.39 is 16.1 Å². The van der Waals surface area contributed by atoms with Crippen molar-refractivity contribution < 1.29 is 17.9 Å². The van der Waals surface area contributed by atoms with Gasteiger partial charge in [0, 0.05) is 16.3 Å². The average molecular weight is 474 g/mol. The zero-order chi connectivity index (χ0) is 18.6. The first-order valence-electron chi connectivity index (χ1n) is 7.44. The summed E-state index contributed by atoms with van der Waals surface area (Å²) in [6.45, 7) is 1.65. The van der Waals surface area contributed by atoms with E-state index in [2.05, 4.69) is 27.9 Å². The van der Waals surface area contributed by atoms with Crippen molar-refractivity contribution in [1.82, 2.24) is 0 Å². The van der Waals surface area contributed by atoms with E-state index >= 15 is 0 Å². The van der Waals surface area contributed by atoms with E-state index in [1.165, 1.54) is 11.4 Å². The van der Waals surface area contributed by atoms with Gasteiger partial charge in [0.1, 0.15) is 5.75 Å². The summed E-state index contributed by atoms with van der Waals surface area (Å²) < 4.78 is 30.9. The van der Waals surface area contributed by atoms with Gasteiger partial charge in [-0.3, -0.25) is 9.10 Å². The third-order valence-electron chi connectivity index (χ3n) is 3.49. The Balaban J connectivity index is 1.99. The predicted octanol–water partition coefficient (Wildman–Crippen LogP) is 3.09. The fourth-order valence-corrected chi connectivity index (χ4v) is 2.83. The molecule has 0 saturated carbocycles. The number of halogens is 1. The van der Waals surface area contributed by atoms with Crippen LogP contribution in [0.25, 0.3) is 0 Å². The molecule has 0 aliphatic rings. The van der Waals surface area contributed by atoms with Crippen molar-refractivity contribution >= 4 is 49.9 Å². The number of benzene rings is 2. The fraction of sp³-hybridized carbons (Fsp3) is 0.235. The van der Waals surface area contributed by atoms with Crippen LogP contribution in [0.2, 0.25) is 0 Å². The Bertz CT molecular complexity index is 836.